The van der Waals surface area contributed by atoms with Crippen molar-refractivity contribution in [3.05, 3.63) is 262 Å². The number of aliphatic hydroxyl groups is 1. The molecule has 0 bridgehead atoms. The summed E-state index contributed by atoms with van der Waals surface area (Å²) in [5.74, 6) is 1.21. The van der Waals surface area contributed by atoms with Gasteiger partial charge in [0.25, 0.3) is 0 Å². The summed E-state index contributed by atoms with van der Waals surface area (Å²) in [5, 5.41) is 12.7. The summed E-state index contributed by atoms with van der Waals surface area (Å²) >= 11 is 0. The van der Waals surface area contributed by atoms with E-state index in [1.165, 1.54) is 72.8 Å². The SMILES string of the molecule is CC(C)Cn1c(Cc2c[nH]c3c(F)cccc23)nc2ccc(F)cc21.Cn1c(Cc2c[nH]c3c(F)cccc23)nc2ccc(F)cc21.Fc1ccc2nc(Cc3c[nH]c4c(F)cccc34)[nH]c2c1.OCCn1c(Cc2c[nH]c3c(F)cccc23)nc2ccc(F)cc21. The molecule has 8 aromatic heterocycles. The number of fused-ring (bicyclic) bond motifs is 8. The molecule has 0 aliphatic rings. The number of H-pyrrole nitrogens is 5. The average Bonchev–Trinajstić information content (AvgIpc) is 1.67. The molecule has 0 saturated heterocycles. The van der Waals surface area contributed by atoms with Crippen molar-refractivity contribution in [2.75, 3.05) is 6.61 Å². The van der Waals surface area contributed by atoms with Crippen LogP contribution in [-0.4, -0.2) is 70.3 Å². The normalized spacial score (nSPS) is 11.7. The summed E-state index contributed by atoms with van der Waals surface area (Å²) in [4.78, 5) is 33.2. The molecule has 0 radical (unpaired) electrons. The highest BCUT2D eigenvalue weighted by Crippen LogP contribution is 2.30. The van der Waals surface area contributed by atoms with Gasteiger partial charge in [-0.25, -0.2) is 55.1 Å². The Bertz CT molecular complexity index is 5370. The molecule has 464 valence electrons. The van der Waals surface area contributed by atoms with Gasteiger partial charge in [0.2, 0.25) is 0 Å². The molecule has 92 heavy (non-hydrogen) atoms. The van der Waals surface area contributed by atoms with Gasteiger partial charge in [-0.15, -0.1) is 0 Å². The number of halogens is 8. The molecule has 0 atom stereocenters. The zero-order chi connectivity index (χ0) is 63.9. The molecule has 13 nitrogen and oxygen atoms in total. The zero-order valence-corrected chi connectivity index (χ0v) is 49.8. The Hall–Kier alpha value is -10.8. The first-order valence-electron chi connectivity index (χ1n) is 29.7. The smallest absolute Gasteiger partial charge is 0.147 e. The summed E-state index contributed by atoms with van der Waals surface area (Å²) < 4.78 is 115. The van der Waals surface area contributed by atoms with E-state index in [1.54, 1.807) is 71.7 Å². The Morgan fingerprint density at radius 1 is 0.413 bits per heavy atom. The number of benzene rings is 8. The van der Waals surface area contributed by atoms with Gasteiger partial charge >= 0.3 is 0 Å². The Labute approximate surface area is 519 Å². The van der Waals surface area contributed by atoms with Gasteiger partial charge in [0.15, 0.2) is 0 Å². The maximum atomic E-state index is 13.9. The number of para-hydroxylation sites is 4. The summed E-state index contributed by atoms with van der Waals surface area (Å²) in [6, 6.07) is 38.0. The van der Waals surface area contributed by atoms with Crippen molar-refractivity contribution in [2.45, 2.75) is 52.6 Å². The lowest BCUT2D eigenvalue weighted by Crippen LogP contribution is -2.09. The van der Waals surface area contributed by atoms with Crippen molar-refractivity contribution in [3.8, 4) is 0 Å². The summed E-state index contributed by atoms with van der Waals surface area (Å²) in [6.07, 6.45) is 9.27. The number of nitrogens with zero attached hydrogens (tertiary/aromatic N) is 7. The van der Waals surface area contributed by atoms with Crippen molar-refractivity contribution in [1.29, 1.82) is 0 Å². The number of aryl methyl sites for hydroxylation is 1. The molecule has 0 amide bonds. The van der Waals surface area contributed by atoms with Crippen LogP contribution in [-0.2, 0) is 45.8 Å². The highest BCUT2D eigenvalue weighted by molar-refractivity contribution is 5.88. The molecule has 8 heterocycles. The first kappa shape index (κ1) is 60.1. The van der Waals surface area contributed by atoms with E-state index >= 15 is 0 Å². The Morgan fingerprint density at radius 2 is 0.783 bits per heavy atom. The molecule has 0 unspecified atom stereocenters. The molecule has 16 rings (SSSR count). The van der Waals surface area contributed by atoms with E-state index in [-0.39, 0.29) is 53.1 Å². The van der Waals surface area contributed by atoms with Gasteiger partial charge in [-0.05, 0) is 125 Å². The van der Waals surface area contributed by atoms with Gasteiger partial charge in [-0.3, -0.25) is 0 Å². The van der Waals surface area contributed by atoms with E-state index < -0.39 is 0 Å². The van der Waals surface area contributed by atoms with Gasteiger partial charge in [-0.2, -0.15) is 0 Å². The van der Waals surface area contributed by atoms with Gasteiger partial charge < -0.3 is 43.7 Å². The summed E-state index contributed by atoms with van der Waals surface area (Å²) in [7, 11) is 1.86. The number of aromatic nitrogens is 12. The van der Waals surface area contributed by atoms with Crippen molar-refractivity contribution in [3.63, 3.8) is 0 Å². The molecule has 0 saturated carbocycles. The fourth-order valence-corrected chi connectivity index (χ4v) is 11.9. The van der Waals surface area contributed by atoms with E-state index in [4.69, 9.17) is 4.98 Å². The predicted molar refractivity (Wildman–Crippen MR) is 342 cm³/mol. The van der Waals surface area contributed by atoms with Crippen LogP contribution in [0.25, 0.3) is 87.7 Å². The maximum Gasteiger partial charge on any atom is 0.147 e. The Morgan fingerprint density at radius 3 is 1.23 bits per heavy atom. The Balaban J connectivity index is 0.000000112. The third-order valence-electron chi connectivity index (χ3n) is 16.3. The lowest BCUT2D eigenvalue weighted by molar-refractivity contribution is 0.276. The van der Waals surface area contributed by atoms with Gasteiger partial charge in [-0.1, -0.05) is 62.4 Å². The molecule has 0 fully saturated rings. The molecule has 0 spiro atoms. The van der Waals surface area contributed by atoms with E-state index in [2.05, 4.69) is 58.3 Å². The highest BCUT2D eigenvalue weighted by atomic mass is 19.2. The minimum atomic E-state index is -0.345. The standard InChI is InChI=1S/C20H19F2N3.C18H15F2N3O.C17H13F2N3.C16H11F2N3/c1-12(2)11-25-18-9-14(21)6-7-17(18)24-19(25)8-13-10-23-20-15(13)4-3-5-16(20)22;19-12-4-5-15-16(9-12)23(6-7-24)17(22-15)8-11-10-21-18-13(11)2-1-3-14(18)20;1-22-15-8-11(18)5-6-14(15)21-16(22)7-10-9-20-17-12(10)3-2-4-13(17)19;17-10-4-5-13-14(7-10)21-15(20-13)6-9-8-19-16-11(9)2-1-3-12(16)18/h3-7,9-10,12,23H,8,11H2,1-2H3;1-5,9-10,21,24H,6-8H2;2-6,8-9,20H,7H2,1H3;1-5,7-8,19H,6H2,(H,20,21). The number of imidazole rings is 4. The van der Waals surface area contributed by atoms with Gasteiger partial charge in [0, 0.05) is 92.2 Å². The van der Waals surface area contributed by atoms with Gasteiger partial charge in [0.05, 0.1) is 72.8 Å². The quantitative estimate of drug-likeness (QED) is 0.0669. The average molecular weight is 1250 g/mol. The predicted octanol–water partition coefficient (Wildman–Crippen LogP) is 16.3. The second-order valence-electron chi connectivity index (χ2n) is 22.9. The Kier molecular flexibility index (Phi) is 16.5. The van der Waals surface area contributed by atoms with Crippen LogP contribution in [0.1, 0.15) is 59.4 Å². The van der Waals surface area contributed by atoms with Crippen LogP contribution in [0.3, 0.4) is 0 Å². The highest BCUT2D eigenvalue weighted by Gasteiger charge is 2.19. The fourth-order valence-electron chi connectivity index (χ4n) is 11.9. The molecular weight excluding hydrogens is 1190 g/mol. The van der Waals surface area contributed by atoms with E-state index in [1.807, 2.05) is 42.1 Å². The van der Waals surface area contributed by atoms with E-state index in [0.717, 1.165) is 95.4 Å². The fraction of sp³-hybridized carbons (Fsp3) is 0.155. The first-order chi connectivity index (χ1) is 44.5. The minimum absolute atomic E-state index is 0.0719. The zero-order valence-electron chi connectivity index (χ0n) is 49.8. The number of hydrogen-bond donors (Lipinski definition) is 6. The number of nitrogens with one attached hydrogen (secondary N) is 5. The van der Waals surface area contributed by atoms with Crippen LogP contribution >= 0.6 is 0 Å². The summed E-state index contributed by atoms with van der Waals surface area (Å²) in [5.41, 5.74) is 11.6. The van der Waals surface area contributed by atoms with Crippen molar-refractivity contribution in [2.24, 2.45) is 13.0 Å². The molecule has 0 aliphatic carbocycles. The van der Waals surface area contributed by atoms with E-state index in [0.29, 0.717) is 82.6 Å². The van der Waals surface area contributed by atoms with Crippen LogP contribution in [0.4, 0.5) is 35.1 Å². The molecule has 0 aliphatic heterocycles. The monoisotopic (exact) mass is 1250 g/mol. The maximum absolute atomic E-state index is 13.9. The van der Waals surface area contributed by atoms with Crippen LogP contribution in [0.5, 0.6) is 0 Å². The largest absolute Gasteiger partial charge is 0.395 e. The number of rotatable bonds is 12. The second kappa shape index (κ2) is 25.2. The van der Waals surface area contributed by atoms with Crippen LogP contribution in [0, 0.1) is 52.5 Å². The van der Waals surface area contributed by atoms with Crippen LogP contribution in [0.15, 0.2) is 170 Å². The third-order valence-corrected chi connectivity index (χ3v) is 16.3. The minimum Gasteiger partial charge on any atom is -0.395 e. The molecule has 16 aromatic rings. The summed E-state index contributed by atoms with van der Waals surface area (Å²) in [6.45, 7) is 5.25. The van der Waals surface area contributed by atoms with Crippen LogP contribution in [0.2, 0.25) is 0 Å². The molecular formula is C71H58F8N12O. The number of aliphatic hydroxyl groups excluding tert-OH is 1. The second-order valence-corrected chi connectivity index (χ2v) is 22.9. The molecule has 8 aromatic carbocycles. The van der Waals surface area contributed by atoms with Crippen molar-refractivity contribution in [1.82, 2.24) is 58.6 Å². The van der Waals surface area contributed by atoms with Crippen molar-refractivity contribution < 1.29 is 40.2 Å². The third kappa shape index (κ3) is 12.1. The van der Waals surface area contributed by atoms with Crippen molar-refractivity contribution >= 4 is 87.7 Å². The topological polar surface area (TPSA) is 166 Å². The van der Waals surface area contributed by atoms with E-state index in [9.17, 15) is 40.2 Å². The van der Waals surface area contributed by atoms with Crippen LogP contribution < -0.4 is 0 Å². The lowest BCUT2D eigenvalue weighted by atomic mass is 10.1. The number of hydrogen-bond acceptors (Lipinski definition) is 5. The first-order valence-corrected chi connectivity index (χ1v) is 29.7. The van der Waals surface area contributed by atoms with Gasteiger partial charge in [0.1, 0.15) is 69.8 Å². The lowest BCUT2D eigenvalue weighted by Gasteiger charge is -2.11. The molecule has 6 N–H and O–H groups in total. The number of aromatic amines is 5. The molecule has 21 heteroatoms.